The van der Waals surface area contributed by atoms with Crippen molar-refractivity contribution < 1.29 is 4.74 Å². The summed E-state index contributed by atoms with van der Waals surface area (Å²) in [5.74, 6) is 2.33. The van der Waals surface area contributed by atoms with Crippen LogP contribution in [0.25, 0.3) is 22.3 Å². The van der Waals surface area contributed by atoms with Crippen molar-refractivity contribution >= 4 is 22.9 Å². The van der Waals surface area contributed by atoms with Gasteiger partial charge in [0, 0.05) is 50.7 Å². The smallest absolute Gasteiger partial charge is 0.229 e. The van der Waals surface area contributed by atoms with E-state index < -0.39 is 0 Å². The van der Waals surface area contributed by atoms with E-state index in [-0.39, 0.29) is 6.04 Å². The molecular weight excluding hydrogens is 476 g/mol. The van der Waals surface area contributed by atoms with Crippen LogP contribution >= 0.6 is 0 Å². The fraction of sp³-hybridized carbons (Fsp3) is 0.379. The van der Waals surface area contributed by atoms with Crippen LogP contribution in [0, 0.1) is 11.3 Å². The maximum absolute atomic E-state index is 8.76. The number of imidazole rings is 1. The maximum atomic E-state index is 8.76. The predicted molar refractivity (Wildman–Crippen MR) is 150 cm³/mol. The first-order valence-electron chi connectivity index (χ1n) is 13.3. The number of ether oxygens (including phenoxy) is 1. The van der Waals surface area contributed by atoms with Crippen molar-refractivity contribution in [3.8, 4) is 22.9 Å². The van der Waals surface area contributed by atoms with Crippen LogP contribution in [0.3, 0.4) is 0 Å². The van der Waals surface area contributed by atoms with Crippen molar-refractivity contribution in [2.75, 3.05) is 43.0 Å². The topological polar surface area (TPSA) is 104 Å². The molecule has 5 rings (SSSR count). The van der Waals surface area contributed by atoms with Gasteiger partial charge < -0.3 is 24.8 Å². The highest BCUT2D eigenvalue weighted by atomic mass is 16.5. The molecule has 2 aromatic heterocycles. The Hall–Kier alpha value is -4.16. The molecule has 0 unspecified atom stereocenters. The summed E-state index contributed by atoms with van der Waals surface area (Å²) in [7, 11) is 0. The molecule has 4 aromatic rings. The number of nitrogens with one attached hydrogen (secondary N) is 2. The Morgan fingerprint density at radius 3 is 2.63 bits per heavy atom. The van der Waals surface area contributed by atoms with Gasteiger partial charge in [-0.05, 0) is 37.5 Å². The van der Waals surface area contributed by atoms with Crippen LogP contribution in [0.4, 0.5) is 11.8 Å². The number of fused-ring (bicyclic) bond motifs is 1. The molecule has 1 saturated heterocycles. The highest BCUT2D eigenvalue weighted by Crippen LogP contribution is 2.31. The highest BCUT2D eigenvalue weighted by molar-refractivity contribution is 5.84. The average molecular weight is 511 g/mol. The zero-order valence-electron chi connectivity index (χ0n) is 22.0. The molecule has 3 heterocycles. The minimum Gasteiger partial charge on any atom is -0.493 e. The molecule has 2 N–H and O–H groups in total. The number of piperazine rings is 1. The molecule has 2 aromatic carbocycles. The second kappa shape index (κ2) is 11.9. The molecule has 0 atom stereocenters. The Kier molecular flexibility index (Phi) is 8.00. The summed E-state index contributed by atoms with van der Waals surface area (Å²) < 4.78 is 8.06. The predicted octanol–water partition coefficient (Wildman–Crippen LogP) is 4.78. The number of benzene rings is 2. The first-order chi connectivity index (χ1) is 18.6. The third-order valence-corrected chi connectivity index (χ3v) is 6.67. The van der Waals surface area contributed by atoms with Crippen molar-refractivity contribution in [3.63, 3.8) is 0 Å². The van der Waals surface area contributed by atoms with E-state index in [0.717, 1.165) is 78.0 Å². The first kappa shape index (κ1) is 25.5. The molecule has 0 spiro atoms. The van der Waals surface area contributed by atoms with Gasteiger partial charge in [0.2, 0.25) is 5.95 Å². The number of aromatic nitrogens is 4. The van der Waals surface area contributed by atoms with Gasteiger partial charge in [-0.25, -0.2) is 4.98 Å². The number of hydrogen-bond acceptors (Lipinski definition) is 8. The summed E-state index contributed by atoms with van der Waals surface area (Å²) in [6.45, 7) is 9.03. The van der Waals surface area contributed by atoms with Gasteiger partial charge in [-0.2, -0.15) is 15.2 Å². The van der Waals surface area contributed by atoms with Gasteiger partial charge >= 0.3 is 0 Å². The van der Waals surface area contributed by atoms with E-state index in [1.54, 1.807) is 0 Å². The first-order valence-corrected chi connectivity index (χ1v) is 13.3. The highest BCUT2D eigenvalue weighted by Gasteiger charge is 2.19. The number of anilines is 2. The molecule has 9 nitrogen and oxygen atoms in total. The molecule has 1 fully saturated rings. The summed E-state index contributed by atoms with van der Waals surface area (Å²) in [5.41, 5.74) is 4.91. The molecule has 38 heavy (non-hydrogen) atoms. The van der Waals surface area contributed by atoms with Gasteiger partial charge in [-0.15, -0.1) is 0 Å². The lowest BCUT2D eigenvalue weighted by molar-refractivity contribution is 0.314. The summed E-state index contributed by atoms with van der Waals surface area (Å²) in [4.78, 5) is 16.7. The molecule has 9 heteroatoms. The van der Waals surface area contributed by atoms with Gasteiger partial charge in [0.15, 0.2) is 17.0 Å². The maximum Gasteiger partial charge on any atom is 0.229 e. The third-order valence-electron chi connectivity index (χ3n) is 6.67. The van der Waals surface area contributed by atoms with Gasteiger partial charge in [0.25, 0.3) is 0 Å². The second-order valence-electron chi connectivity index (χ2n) is 9.68. The lowest BCUT2D eigenvalue weighted by Gasteiger charge is -2.27. The van der Waals surface area contributed by atoms with Crippen molar-refractivity contribution in [1.82, 2.24) is 24.8 Å². The minimum absolute atomic E-state index is 0.254. The lowest BCUT2D eigenvalue weighted by Crippen LogP contribution is -2.44. The van der Waals surface area contributed by atoms with Crippen LogP contribution in [0.1, 0.15) is 38.3 Å². The van der Waals surface area contributed by atoms with Gasteiger partial charge in [-0.1, -0.05) is 42.5 Å². The van der Waals surface area contributed by atoms with E-state index in [1.165, 1.54) is 0 Å². The van der Waals surface area contributed by atoms with Gasteiger partial charge in [0.05, 0.1) is 19.0 Å². The van der Waals surface area contributed by atoms with E-state index >= 15 is 0 Å². The molecular formula is C29H34N8O. The van der Waals surface area contributed by atoms with E-state index in [1.807, 2.05) is 24.5 Å². The minimum atomic E-state index is 0.254. The quantitative estimate of drug-likeness (QED) is 0.294. The molecule has 1 aliphatic rings. The Balaban J connectivity index is 1.34. The average Bonchev–Trinajstić information content (AvgIpc) is 3.40. The largest absolute Gasteiger partial charge is 0.493 e. The number of para-hydroxylation sites is 1. The van der Waals surface area contributed by atoms with Crippen molar-refractivity contribution in [3.05, 3.63) is 60.4 Å². The van der Waals surface area contributed by atoms with Crippen LogP contribution < -0.4 is 20.3 Å². The van der Waals surface area contributed by atoms with Crippen LogP contribution in [0.5, 0.6) is 5.75 Å². The van der Waals surface area contributed by atoms with Gasteiger partial charge in [0.1, 0.15) is 5.75 Å². The molecule has 0 amide bonds. The zero-order valence-corrected chi connectivity index (χ0v) is 22.0. The van der Waals surface area contributed by atoms with Crippen LogP contribution in [-0.4, -0.2) is 52.3 Å². The fourth-order valence-corrected chi connectivity index (χ4v) is 4.56. The van der Waals surface area contributed by atoms with Crippen LogP contribution in [-0.2, 0) is 6.54 Å². The fourth-order valence-electron chi connectivity index (χ4n) is 4.56. The molecule has 196 valence electrons. The van der Waals surface area contributed by atoms with E-state index in [0.29, 0.717) is 19.6 Å². The van der Waals surface area contributed by atoms with Crippen molar-refractivity contribution in [1.29, 1.82) is 5.26 Å². The Morgan fingerprint density at radius 1 is 1.08 bits per heavy atom. The molecule has 1 aliphatic heterocycles. The number of nitriles is 1. The molecule has 0 saturated carbocycles. The number of hydrogen-bond donors (Lipinski definition) is 2. The Morgan fingerprint density at radius 2 is 1.87 bits per heavy atom. The normalized spacial score (nSPS) is 13.6. The second-order valence-corrected chi connectivity index (χ2v) is 9.68. The molecule has 0 bridgehead atoms. The monoisotopic (exact) mass is 510 g/mol. The summed E-state index contributed by atoms with van der Waals surface area (Å²) in [5, 5.41) is 15.7. The number of nitrogens with zero attached hydrogens (tertiary/aromatic N) is 6. The van der Waals surface area contributed by atoms with E-state index in [2.05, 4.69) is 75.3 Å². The summed E-state index contributed by atoms with van der Waals surface area (Å²) in [6, 6.07) is 18.9. The van der Waals surface area contributed by atoms with Crippen LogP contribution in [0.15, 0.2) is 54.9 Å². The van der Waals surface area contributed by atoms with E-state index in [4.69, 9.17) is 20.0 Å². The number of rotatable bonds is 10. The zero-order chi connectivity index (χ0) is 26.3. The standard InChI is InChI=1S/C29H34N8O/c1-21(2)37-20-33-26-27(34-29(35-28(26)37)36-16-14-31-15-17-36)32-19-22-9-11-23(12-10-22)24-7-3-4-8-25(24)38-18-6-5-13-30/h3-4,7-12,20-21,31H,5-6,14-19H2,1-2H3,(H,32,34,35). The molecule has 0 aliphatic carbocycles. The van der Waals surface area contributed by atoms with Gasteiger partial charge in [-0.3, -0.25) is 0 Å². The number of unbranched alkanes of at least 4 members (excludes halogenated alkanes) is 1. The van der Waals surface area contributed by atoms with Crippen LogP contribution in [0.2, 0.25) is 0 Å². The summed E-state index contributed by atoms with van der Waals surface area (Å²) in [6.07, 6.45) is 3.07. The van der Waals surface area contributed by atoms with Crippen molar-refractivity contribution in [2.45, 2.75) is 39.3 Å². The summed E-state index contributed by atoms with van der Waals surface area (Å²) >= 11 is 0. The SMILES string of the molecule is CC(C)n1cnc2c(NCc3ccc(-c4ccccc4OCCCC#N)cc3)nc(N3CCNCC3)nc21. The Bertz CT molecular complexity index is 1400. The Labute approximate surface area is 223 Å². The molecule has 0 radical (unpaired) electrons. The lowest BCUT2D eigenvalue weighted by atomic mass is 10.0. The third kappa shape index (κ3) is 5.71. The van der Waals surface area contributed by atoms with Crippen molar-refractivity contribution in [2.24, 2.45) is 0 Å². The van der Waals surface area contributed by atoms with E-state index in [9.17, 15) is 0 Å².